The number of aryl methyl sites for hydroxylation is 1. The number of primary amides is 1. The Bertz CT molecular complexity index is 1180. The minimum atomic E-state index is -0.881. The molecular weight excluding hydrogens is 376 g/mol. The number of amides is 2. The molecule has 0 saturated carbocycles. The number of hydrogen-bond donors (Lipinski definition) is 3. The largest absolute Gasteiger partial charge is 0.448 e. The molecule has 2 heterocycles. The molecule has 0 bridgehead atoms. The topological polar surface area (TPSA) is 137 Å². The summed E-state index contributed by atoms with van der Waals surface area (Å²) in [7, 11) is 1.85. The smallest absolute Gasteiger partial charge is 0.404 e. The summed E-state index contributed by atoms with van der Waals surface area (Å²) in [5.41, 5.74) is 8.19. The molecule has 0 saturated heterocycles. The maximum absolute atomic E-state index is 12.3. The van der Waals surface area contributed by atoms with Crippen LogP contribution in [0, 0.1) is 0 Å². The van der Waals surface area contributed by atoms with Gasteiger partial charge in [-0.05, 0) is 30.3 Å². The Morgan fingerprint density at radius 2 is 2.00 bits per heavy atom. The number of carbonyl (C=O) groups excluding carboxylic acids is 2. The summed E-state index contributed by atoms with van der Waals surface area (Å²) in [5.74, 6) is 0.220. The van der Waals surface area contributed by atoms with Crippen LogP contribution in [0.1, 0.15) is 10.4 Å². The van der Waals surface area contributed by atoms with E-state index in [0.717, 1.165) is 11.0 Å². The number of para-hydroxylation sites is 2. The fourth-order valence-corrected chi connectivity index (χ4v) is 2.89. The number of oxazole rings is 1. The van der Waals surface area contributed by atoms with Crippen molar-refractivity contribution in [3.63, 3.8) is 0 Å². The molecule has 0 aliphatic rings. The number of nitrogens with one attached hydrogen (secondary N) is 2. The van der Waals surface area contributed by atoms with Gasteiger partial charge in [-0.1, -0.05) is 12.1 Å². The van der Waals surface area contributed by atoms with E-state index in [-0.39, 0.29) is 19.1 Å². The predicted octanol–water partition coefficient (Wildman–Crippen LogP) is 2.28. The van der Waals surface area contributed by atoms with Crippen LogP contribution in [0.25, 0.3) is 22.1 Å². The Balaban J connectivity index is 1.52. The summed E-state index contributed by atoms with van der Waals surface area (Å²) in [4.78, 5) is 31.7. The molecule has 0 radical (unpaired) electrons. The molecule has 0 aliphatic heterocycles. The van der Waals surface area contributed by atoms with Crippen LogP contribution in [0.5, 0.6) is 0 Å². The lowest BCUT2D eigenvalue weighted by molar-refractivity contribution is 0.0937. The van der Waals surface area contributed by atoms with Crippen LogP contribution in [0.3, 0.4) is 0 Å². The van der Waals surface area contributed by atoms with Crippen LogP contribution in [0.2, 0.25) is 0 Å². The van der Waals surface area contributed by atoms with E-state index in [9.17, 15) is 9.59 Å². The van der Waals surface area contributed by atoms with Crippen molar-refractivity contribution in [3.8, 4) is 0 Å². The maximum atomic E-state index is 12.3. The van der Waals surface area contributed by atoms with Gasteiger partial charge in [-0.2, -0.15) is 4.98 Å². The summed E-state index contributed by atoms with van der Waals surface area (Å²) in [6, 6.07) is 13.0. The highest BCUT2D eigenvalue weighted by Crippen LogP contribution is 2.24. The molecule has 0 spiro atoms. The van der Waals surface area contributed by atoms with E-state index >= 15 is 0 Å². The Morgan fingerprint density at radius 1 is 1.17 bits per heavy atom. The van der Waals surface area contributed by atoms with Gasteiger partial charge in [-0.25, -0.2) is 9.78 Å². The fourth-order valence-electron chi connectivity index (χ4n) is 2.89. The second-order valence-corrected chi connectivity index (χ2v) is 6.23. The molecule has 0 atom stereocenters. The number of ether oxygens (including phenoxy) is 1. The van der Waals surface area contributed by atoms with Gasteiger partial charge < -0.3 is 24.8 Å². The van der Waals surface area contributed by atoms with E-state index < -0.39 is 6.09 Å². The zero-order valence-corrected chi connectivity index (χ0v) is 15.5. The highest BCUT2D eigenvalue weighted by Gasteiger charge is 2.14. The Hall–Kier alpha value is -4.08. The molecule has 0 unspecified atom stereocenters. The zero-order valence-electron chi connectivity index (χ0n) is 15.5. The van der Waals surface area contributed by atoms with Gasteiger partial charge in [0.05, 0.1) is 17.6 Å². The van der Waals surface area contributed by atoms with E-state index in [0.29, 0.717) is 28.6 Å². The second kappa shape index (κ2) is 7.50. The molecule has 10 heteroatoms. The summed E-state index contributed by atoms with van der Waals surface area (Å²) in [5, 5.41) is 5.71. The summed E-state index contributed by atoms with van der Waals surface area (Å²) >= 11 is 0. The van der Waals surface area contributed by atoms with Crippen LogP contribution in [-0.4, -0.2) is 39.7 Å². The first-order valence-corrected chi connectivity index (χ1v) is 8.81. The highest BCUT2D eigenvalue weighted by molar-refractivity contribution is 5.97. The number of anilines is 2. The molecule has 2 amide bonds. The third-order valence-corrected chi connectivity index (χ3v) is 4.29. The van der Waals surface area contributed by atoms with Gasteiger partial charge >= 0.3 is 12.1 Å². The predicted molar refractivity (Wildman–Crippen MR) is 106 cm³/mol. The van der Waals surface area contributed by atoms with Crippen molar-refractivity contribution in [3.05, 3.63) is 48.0 Å². The van der Waals surface area contributed by atoms with E-state index in [1.54, 1.807) is 18.2 Å². The third kappa shape index (κ3) is 3.81. The Labute approximate surface area is 164 Å². The van der Waals surface area contributed by atoms with Gasteiger partial charge in [0.2, 0.25) is 5.95 Å². The van der Waals surface area contributed by atoms with Gasteiger partial charge in [-0.3, -0.25) is 10.1 Å². The first kappa shape index (κ1) is 18.3. The molecule has 0 aliphatic carbocycles. The normalized spacial score (nSPS) is 10.9. The van der Waals surface area contributed by atoms with Gasteiger partial charge in [0, 0.05) is 12.6 Å². The maximum Gasteiger partial charge on any atom is 0.404 e. The number of aromatic nitrogens is 3. The van der Waals surface area contributed by atoms with E-state index in [1.165, 1.54) is 0 Å². The minimum absolute atomic E-state index is 0.00543. The fraction of sp³-hybridized carbons (Fsp3) is 0.158. The van der Waals surface area contributed by atoms with Crippen molar-refractivity contribution >= 4 is 46.1 Å². The average molecular weight is 394 g/mol. The van der Waals surface area contributed by atoms with Gasteiger partial charge in [0.25, 0.3) is 5.91 Å². The SMILES string of the molecule is Cn1c(Nc2nc3ccccc3o2)nc2cc(C(=O)NCCOC(N)=O)ccc21. The summed E-state index contributed by atoms with van der Waals surface area (Å²) in [6.07, 6.45) is -0.881. The molecule has 4 rings (SSSR count). The standard InChI is InChI=1S/C19H18N6O4/c1-25-14-7-6-11(16(26)21-8-9-28-17(20)27)10-13(14)22-18(25)24-19-23-12-4-2-3-5-15(12)29-19/h2-7,10H,8-9H2,1H3,(H2,20,27)(H,21,26)(H,22,23,24). The van der Waals surface area contributed by atoms with Crippen molar-refractivity contribution in [2.24, 2.45) is 12.8 Å². The molecule has 29 heavy (non-hydrogen) atoms. The first-order chi connectivity index (χ1) is 14.0. The molecule has 10 nitrogen and oxygen atoms in total. The monoisotopic (exact) mass is 394 g/mol. The van der Waals surface area contributed by atoms with Gasteiger partial charge in [0.15, 0.2) is 5.58 Å². The number of benzene rings is 2. The van der Waals surface area contributed by atoms with Crippen molar-refractivity contribution in [2.45, 2.75) is 0 Å². The summed E-state index contributed by atoms with van der Waals surface area (Å²) < 4.78 is 12.1. The van der Waals surface area contributed by atoms with Crippen LogP contribution in [0.15, 0.2) is 46.9 Å². The quantitative estimate of drug-likeness (QED) is 0.427. The lowest BCUT2D eigenvalue weighted by atomic mass is 10.2. The number of fused-ring (bicyclic) bond motifs is 2. The van der Waals surface area contributed by atoms with Crippen molar-refractivity contribution < 1.29 is 18.7 Å². The van der Waals surface area contributed by atoms with Gasteiger partial charge in [-0.15, -0.1) is 0 Å². The number of imidazole rings is 1. The van der Waals surface area contributed by atoms with Crippen LogP contribution >= 0.6 is 0 Å². The number of nitrogens with two attached hydrogens (primary N) is 1. The molecule has 4 N–H and O–H groups in total. The van der Waals surface area contributed by atoms with Crippen molar-refractivity contribution in [1.82, 2.24) is 19.9 Å². The number of nitrogens with zero attached hydrogens (tertiary/aromatic N) is 3. The third-order valence-electron chi connectivity index (χ3n) is 4.29. The van der Waals surface area contributed by atoms with Crippen molar-refractivity contribution in [2.75, 3.05) is 18.5 Å². The van der Waals surface area contributed by atoms with Crippen LogP contribution in [-0.2, 0) is 11.8 Å². The minimum Gasteiger partial charge on any atom is -0.448 e. The first-order valence-electron chi connectivity index (χ1n) is 8.81. The molecule has 148 valence electrons. The number of rotatable bonds is 6. The summed E-state index contributed by atoms with van der Waals surface area (Å²) in [6.45, 7) is 0.165. The number of carbonyl (C=O) groups is 2. The molecule has 4 aromatic rings. The van der Waals surface area contributed by atoms with Crippen LogP contribution in [0.4, 0.5) is 16.8 Å². The molecular formula is C19H18N6O4. The lowest BCUT2D eigenvalue weighted by Crippen LogP contribution is -2.28. The number of hydrogen-bond acceptors (Lipinski definition) is 7. The molecule has 2 aromatic heterocycles. The van der Waals surface area contributed by atoms with E-state index in [4.69, 9.17) is 10.2 Å². The van der Waals surface area contributed by atoms with Crippen molar-refractivity contribution in [1.29, 1.82) is 0 Å². The highest BCUT2D eigenvalue weighted by atomic mass is 16.5. The van der Waals surface area contributed by atoms with Crippen LogP contribution < -0.4 is 16.4 Å². The lowest BCUT2D eigenvalue weighted by Gasteiger charge is -2.05. The Morgan fingerprint density at radius 3 is 2.79 bits per heavy atom. The van der Waals surface area contributed by atoms with Gasteiger partial charge in [0.1, 0.15) is 12.1 Å². The average Bonchev–Trinajstić information content (AvgIpc) is 3.25. The second-order valence-electron chi connectivity index (χ2n) is 6.23. The zero-order chi connectivity index (χ0) is 20.4. The Kier molecular flexibility index (Phi) is 4.73. The van der Waals surface area contributed by atoms with E-state index in [1.807, 2.05) is 35.9 Å². The molecule has 0 fully saturated rings. The van der Waals surface area contributed by atoms with E-state index in [2.05, 4.69) is 25.3 Å². The molecule has 2 aromatic carbocycles.